The highest BCUT2D eigenvalue weighted by atomic mass is 31.1. The molecule has 1 amide bonds. The fraction of sp³-hybridized carbons (Fsp3) is 0.750. The Bertz CT molecular complexity index is 298. The van der Waals surface area contributed by atoms with Gasteiger partial charge in [-0.15, -0.1) is 4.52 Å². The van der Waals surface area contributed by atoms with Gasteiger partial charge >= 0.3 is 8.03 Å². The number of amides is 1. The number of quaternary nitrogens is 1. The van der Waals surface area contributed by atoms with E-state index in [-0.39, 0.29) is 5.91 Å². The van der Waals surface area contributed by atoms with Gasteiger partial charge in [0.2, 0.25) is 5.91 Å². The zero-order valence-electron chi connectivity index (χ0n) is 11.8. The van der Waals surface area contributed by atoms with Crippen molar-refractivity contribution in [2.45, 2.75) is 13.3 Å². The molecule has 0 bridgehead atoms. The molecule has 0 spiro atoms. The number of likely N-dealkylation sites (N-methyl/N-ethyl adjacent to an activating group) is 1. The van der Waals surface area contributed by atoms with Crippen LogP contribution in [0.1, 0.15) is 13.3 Å². The summed E-state index contributed by atoms with van der Waals surface area (Å²) in [5.74, 6) is -0.112. The number of nitrogens with zero attached hydrogens (tertiary/aromatic N) is 1. The van der Waals surface area contributed by atoms with Crippen LogP contribution in [0.3, 0.4) is 0 Å². The third-order valence-electron chi connectivity index (χ3n) is 2.13. The second-order valence-corrected chi connectivity index (χ2v) is 6.42. The van der Waals surface area contributed by atoms with Crippen LogP contribution in [0.2, 0.25) is 0 Å². The third kappa shape index (κ3) is 11.7. The molecule has 0 aliphatic rings. The maximum Gasteiger partial charge on any atom is 0.508 e. The summed E-state index contributed by atoms with van der Waals surface area (Å²) in [6.45, 7) is 3.66. The van der Waals surface area contributed by atoms with Gasteiger partial charge in [-0.25, -0.2) is 0 Å². The highest BCUT2D eigenvalue weighted by Crippen LogP contribution is 2.22. The fourth-order valence-electron chi connectivity index (χ4n) is 1.11. The predicted molar refractivity (Wildman–Crippen MR) is 73.8 cm³/mol. The summed E-state index contributed by atoms with van der Waals surface area (Å²) in [6, 6.07) is 0. The molecule has 6 heteroatoms. The van der Waals surface area contributed by atoms with Gasteiger partial charge in [-0.3, -0.25) is 4.79 Å². The summed E-state index contributed by atoms with van der Waals surface area (Å²) < 4.78 is 17.5. The van der Waals surface area contributed by atoms with E-state index in [0.29, 0.717) is 25.7 Å². The van der Waals surface area contributed by atoms with Crippen molar-refractivity contribution in [3.05, 3.63) is 12.2 Å². The largest absolute Gasteiger partial charge is 0.508 e. The summed E-state index contributed by atoms with van der Waals surface area (Å²) in [5, 5.41) is 2.71. The van der Waals surface area contributed by atoms with Gasteiger partial charge in [-0.1, -0.05) is 6.08 Å². The van der Waals surface area contributed by atoms with E-state index in [9.17, 15) is 9.36 Å². The van der Waals surface area contributed by atoms with E-state index in [0.717, 1.165) is 11.0 Å². The van der Waals surface area contributed by atoms with Crippen LogP contribution in [0.15, 0.2) is 12.2 Å². The Kier molecular flexibility index (Phi) is 8.81. The minimum absolute atomic E-state index is 0.112. The minimum Gasteiger partial charge on any atom is -0.352 e. The number of nitrogens with one attached hydrogen (secondary N) is 1. The van der Waals surface area contributed by atoms with Crippen LogP contribution in [0.5, 0.6) is 0 Å². The summed E-state index contributed by atoms with van der Waals surface area (Å²) >= 11 is 0. The maximum atomic E-state index is 11.5. The number of allylic oxidation sites excluding steroid dienone is 1. The van der Waals surface area contributed by atoms with Crippen LogP contribution in [0.4, 0.5) is 0 Å². The fourth-order valence-corrected chi connectivity index (χ4v) is 1.94. The summed E-state index contributed by atoms with van der Waals surface area (Å²) in [6.07, 6.45) is 4.31. The molecule has 0 aromatic heterocycles. The van der Waals surface area contributed by atoms with E-state index in [4.69, 9.17) is 4.52 Å². The van der Waals surface area contributed by atoms with E-state index in [1.807, 2.05) is 0 Å². The number of rotatable bonds is 9. The Morgan fingerprint density at radius 2 is 2.06 bits per heavy atom. The van der Waals surface area contributed by atoms with Crippen LogP contribution >= 0.6 is 8.03 Å². The Balaban J connectivity index is 3.51. The Morgan fingerprint density at radius 1 is 1.39 bits per heavy atom. The molecule has 18 heavy (non-hydrogen) atoms. The van der Waals surface area contributed by atoms with Crippen LogP contribution in [0, 0.1) is 0 Å². The van der Waals surface area contributed by atoms with Crippen molar-refractivity contribution in [3.8, 4) is 0 Å². The lowest BCUT2D eigenvalue weighted by Gasteiger charge is -2.21. The normalized spacial score (nSPS) is 12.8. The second kappa shape index (κ2) is 9.20. The monoisotopic (exact) mass is 276 g/mol. The predicted octanol–water partition coefficient (Wildman–Crippen LogP) is 1.53. The van der Waals surface area contributed by atoms with E-state index in [1.165, 1.54) is 6.08 Å². The van der Waals surface area contributed by atoms with Gasteiger partial charge in [0, 0.05) is 13.0 Å². The lowest BCUT2D eigenvalue weighted by molar-refractivity contribution is -0.870. The van der Waals surface area contributed by atoms with Crippen molar-refractivity contribution in [2.75, 3.05) is 47.0 Å². The highest BCUT2D eigenvalue weighted by Gasteiger charge is 2.18. The van der Waals surface area contributed by atoms with Gasteiger partial charge in [0.1, 0.15) is 6.54 Å². The van der Waals surface area contributed by atoms with Crippen LogP contribution in [-0.2, 0) is 13.9 Å². The molecule has 0 rings (SSSR count). The first kappa shape index (κ1) is 17.2. The smallest absolute Gasteiger partial charge is 0.352 e. The molecule has 1 atom stereocenters. The molecule has 104 valence electrons. The zero-order chi connectivity index (χ0) is 14.0. The first-order valence-corrected chi connectivity index (χ1v) is 7.50. The first-order valence-electron chi connectivity index (χ1n) is 6.13. The average molecular weight is 276 g/mol. The van der Waals surface area contributed by atoms with E-state index in [1.54, 1.807) is 13.0 Å². The third-order valence-corrected chi connectivity index (χ3v) is 3.28. The Morgan fingerprint density at radius 3 is 2.61 bits per heavy atom. The van der Waals surface area contributed by atoms with Gasteiger partial charge in [0.15, 0.2) is 12.8 Å². The van der Waals surface area contributed by atoms with Gasteiger partial charge in [-0.2, -0.15) is 0 Å². The standard InChI is InChI=1S/C12H24N2O3P/c1-5-7-12(15)13-8-6-11-18(16)17-10-9-14(2,3)4/h5,7H,6,8-11H2,1-4H3/q+1/p+1. The van der Waals surface area contributed by atoms with Crippen molar-refractivity contribution >= 4 is 13.9 Å². The summed E-state index contributed by atoms with van der Waals surface area (Å²) in [5.41, 5.74) is 0. The van der Waals surface area contributed by atoms with E-state index < -0.39 is 8.03 Å². The molecule has 0 heterocycles. The molecule has 0 aliphatic heterocycles. The van der Waals surface area contributed by atoms with Crippen molar-refractivity contribution in [1.82, 2.24) is 5.32 Å². The zero-order valence-corrected chi connectivity index (χ0v) is 12.7. The van der Waals surface area contributed by atoms with Gasteiger partial charge in [0.05, 0.1) is 21.1 Å². The Labute approximate surface area is 111 Å². The first-order chi connectivity index (χ1) is 8.35. The van der Waals surface area contributed by atoms with Crippen molar-refractivity contribution < 1.29 is 18.4 Å². The van der Waals surface area contributed by atoms with Crippen molar-refractivity contribution in [1.29, 1.82) is 0 Å². The van der Waals surface area contributed by atoms with Gasteiger partial charge in [0.25, 0.3) is 0 Å². The molecule has 0 fully saturated rings. The molecule has 1 N–H and O–H groups in total. The highest BCUT2D eigenvalue weighted by molar-refractivity contribution is 7.39. The number of carbonyl (C=O) groups is 1. The van der Waals surface area contributed by atoms with Crippen molar-refractivity contribution in [2.24, 2.45) is 0 Å². The van der Waals surface area contributed by atoms with Gasteiger partial charge in [-0.05, 0) is 17.6 Å². The topological polar surface area (TPSA) is 55.4 Å². The lowest BCUT2D eigenvalue weighted by Crippen LogP contribution is -2.37. The number of hydrogen-bond acceptors (Lipinski definition) is 3. The summed E-state index contributed by atoms with van der Waals surface area (Å²) in [7, 11) is 4.59. The Hall–Kier alpha value is -0.770. The molecular weight excluding hydrogens is 251 g/mol. The molecule has 0 aliphatic carbocycles. The SMILES string of the molecule is CC=CC(=O)NCCC[P+](=O)OCC[N+](C)(C)C. The molecule has 0 radical (unpaired) electrons. The summed E-state index contributed by atoms with van der Waals surface area (Å²) in [4.78, 5) is 11.1. The van der Waals surface area contributed by atoms with Gasteiger partial charge < -0.3 is 9.80 Å². The number of carbonyl (C=O) groups excluding carboxylic acids is 1. The van der Waals surface area contributed by atoms with Crippen LogP contribution in [-0.4, -0.2) is 57.4 Å². The number of hydrogen-bond donors (Lipinski definition) is 1. The molecule has 0 saturated heterocycles. The quantitative estimate of drug-likeness (QED) is 0.301. The minimum atomic E-state index is -1.60. The second-order valence-electron chi connectivity index (χ2n) is 5.05. The van der Waals surface area contributed by atoms with E-state index in [2.05, 4.69) is 26.5 Å². The molecule has 1 unspecified atom stereocenters. The van der Waals surface area contributed by atoms with Crippen LogP contribution < -0.4 is 5.32 Å². The van der Waals surface area contributed by atoms with E-state index >= 15 is 0 Å². The van der Waals surface area contributed by atoms with Crippen LogP contribution in [0.25, 0.3) is 0 Å². The molecule has 0 aromatic carbocycles. The van der Waals surface area contributed by atoms with Crippen molar-refractivity contribution in [3.63, 3.8) is 0 Å². The molecule has 0 aromatic rings. The molecule has 5 nitrogen and oxygen atoms in total. The average Bonchev–Trinajstić information content (AvgIpc) is 2.23. The molecule has 0 saturated carbocycles. The maximum absolute atomic E-state index is 11.5. The molecular formula is C12H25N2O3P+2. The lowest BCUT2D eigenvalue weighted by atomic mass is 10.4.